The van der Waals surface area contributed by atoms with Crippen LogP contribution in [0.25, 0.3) is 0 Å². The van der Waals surface area contributed by atoms with Crippen molar-refractivity contribution in [3.05, 3.63) is 35.4 Å². The summed E-state index contributed by atoms with van der Waals surface area (Å²) in [6.45, 7) is 1.79. The third-order valence-electron chi connectivity index (χ3n) is 6.05. The molecule has 3 aliphatic rings. The molecule has 1 aromatic rings. The van der Waals surface area contributed by atoms with E-state index in [1.54, 1.807) is 11.9 Å². The lowest BCUT2D eigenvalue weighted by molar-refractivity contribution is -0.137. The lowest BCUT2D eigenvalue weighted by atomic mass is 10.0. The highest BCUT2D eigenvalue weighted by Crippen LogP contribution is 2.28. The van der Waals surface area contributed by atoms with E-state index in [9.17, 15) is 14.4 Å². The summed E-state index contributed by atoms with van der Waals surface area (Å²) >= 11 is 0.972. The first kappa shape index (κ1) is 18.5. The molecule has 3 amide bonds. The summed E-state index contributed by atoms with van der Waals surface area (Å²) in [5, 5.41) is -0.309. The maximum absolute atomic E-state index is 12.6. The maximum Gasteiger partial charge on any atom is 0.289 e. The van der Waals surface area contributed by atoms with Gasteiger partial charge >= 0.3 is 0 Å². The Balaban J connectivity index is 1.36. The van der Waals surface area contributed by atoms with Gasteiger partial charge in [-0.15, -0.1) is 0 Å². The molecule has 1 atom stereocenters. The van der Waals surface area contributed by atoms with Crippen LogP contribution in [-0.4, -0.2) is 76.3 Å². The second-order valence-electron chi connectivity index (χ2n) is 7.66. The van der Waals surface area contributed by atoms with Crippen LogP contribution in [0.4, 0.5) is 4.79 Å². The normalized spacial score (nSPS) is 23.7. The number of imide groups is 1. The fraction of sp³-hybridized carbons (Fsp3) is 0.550. The van der Waals surface area contributed by atoms with Crippen molar-refractivity contribution in [1.82, 2.24) is 14.7 Å². The second kappa shape index (κ2) is 7.64. The molecule has 7 heteroatoms. The SMILES string of the molecule is CN(C(=O)CN1C(=O)CSC1=O)C1CCCN(C2Cc3ccccc3C2)C1. The fourth-order valence-corrected chi connectivity index (χ4v) is 5.13. The average Bonchev–Trinajstić information content (AvgIpc) is 3.26. The van der Waals surface area contributed by atoms with Crippen molar-refractivity contribution in [1.29, 1.82) is 0 Å². The van der Waals surface area contributed by atoms with Crippen LogP contribution in [0.3, 0.4) is 0 Å². The molecule has 0 saturated carbocycles. The predicted molar refractivity (Wildman–Crippen MR) is 105 cm³/mol. The Morgan fingerprint density at radius 1 is 1.22 bits per heavy atom. The molecule has 0 aromatic heterocycles. The van der Waals surface area contributed by atoms with Gasteiger partial charge in [0, 0.05) is 25.7 Å². The first-order valence-corrected chi connectivity index (χ1v) is 10.5. The highest BCUT2D eigenvalue weighted by atomic mass is 32.2. The van der Waals surface area contributed by atoms with Crippen LogP contribution >= 0.6 is 11.8 Å². The zero-order chi connectivity index (χ0) is 19.0. The van der Waals surface area contributed by atoms with Crippen LogP contribution in [0, 0.1) is 0 Å². The average molecular weight is 388 g/mol. The Morgan fingerprint density at radius 3 is 2.56 bits per heavy atom. The van der Waals surface area contributed by atoms with E-state index in [0.29, 0.717) is 6.04 Å². The molecule has 2 aliphatic heterocycles. The van der Waals surface area contributed by atoms with Crippen molar-refractivity contribution >= 4 is 28.8 Å². The highest BCUT2D eigenvalue weighted by molar-refractivity contribution is 8.14. The minimum atomic E-state index is -0.309. The molecule has 0 spiro atoms. The number of likely N-dealkylation sites (tertiary alicyclic amines) is 1. The molecule has 6 nitrogen and oxygen atoms in total. The van der Waals surface area contributed by atoms with E-state index in [1.165, 1.54) is 11.1 Å². The van der Waals surface area contributed by atoms with Gasteiger partial charge in [-0.3, -0.25) is 24.2 Å². The van der Waals surface area contributed by atoms with Gasteiger partial charge in [-0.2, -0.15) is 0 Å². The van der Waals surface area contributed by atoms with Crippen LogP contribution in [0.2, 0.25) is 0 Å². The van der Waals surface area contributed by atoms with Gasteiger partial charge in [0.25, 0.3) is 5.24 Å². The summed E-state index contributed by atoms with van der Waals surface area (Å²) in [5.74, 6) is -0.267. The molecule has 2 heterocycles. The van der Waals surface area contributed by atoms with Crippen molar-refractivity contribution in [2.75, 3.05) is 32.4 Å². The molecule has 0 radical (unpaired) electrons. The summed E-state index contributed by atoms with van der Waals surface area (Å²) in [5.41, 5.74) is 2.88. The maximum atomic E-state index is 12.6. The molecular weight excluding hydrogens is 362 g/mol. The number of fused-ring (bicyclic) bond motifs is 1. The van der Waals surface area contributed by atoms with Crippen LogP contribution in [-0.2, 0) is 22.4 Å². The molecule has 2 saturated heterocycles. The quantitative estimate of drug-likeness (QED) is 0.788. The van der Waals surface area contributed by atoms with Crippen molar-refractivity contribution < 1.29 is 14.4 Å². The molecule has 0 bridgehead atoms. The van der Waals surface area contributed by atoms with Gasteiger partial charge in [0.05, 0.1) is 5.75 Å². The lowest BCUT2D eigenvalue weighted by Gasteiger charge is -2.40. The number of nitrogens with zero attached hydrogens (tertiary/aromatic N) is 3. The van der Waals surface area contributed by atoms with Crippen molar-refractivity contribution in [3.8, 4) is 0 Å². The van der Waals surface area contributed by atoms with Crippen molar-refractivity contribution in [2.24, 2.45) is 0 Å². The number of likely N-dealkylation sites (N-methyl/N-ethyl adjacent to an activating group) is 1. The molecule has 144 valence electrons. The van der Waals surface area contributed by atoms with Gasteiger partial charge in [-0.25, -0.2) is 0 Å². The first-order chi connectivity index (χ1) is 13.0. The largest absolute Gasteiger partial charge is 0.340 e. The van der Waals surface area contributed by atoms with Gasteiger partial charge in [0.1, 0.15) is 6.54 Å². The Labute approximate surface area is 163 Å². The lowest BCUT2D eigenvalue weighted by Crippen LogP contribution is -2.53. The van der Waals surface area contributed by atoms with Gasteiger partial charge in [-0.05, 0) is 43.4 Å². The summed E-state index contributed by atoms with van der Waals surface area (Å²) in [6.07, 6.45) is 4.19. The zero-order valence-corrected chi connectivity index (χ0v) is 16.4. The minimum Gasteiger partial charge on any atom is -0.340 e. The molecule has 1 unspecified atom stereocenters. The summed E-state index contributed by atoms with van der Waals surface area (Å²) < 4.78 is 0. The first-order valence-electron chi connectivity index (χ1n) is 9.56. The minimum absolute atomic E-state index is 0.132. The third kappa shape index (κ3) is 3.75. The van der Waals surface area contributed by atoms with Gasteiger partial charge in [0.2, 0.25) is 11.8 Å². The standard InChI is InChI=1S/C20H25N3O3S/c1-21(18(24)12-23-19(25)13-27-20(23)26)16-7-4-8-22(11-16)17-9-14-5-2-3-6-15(14)10-17/h2-3,5-6,16-17H,4,7-13H2,1H3. The number of piperidine rings is 1. The Hall–Kier alpha value is -1.86. The second-order valence-corrected chi connectivity index (χ2v) is 8.59. The fourth-order valence-electron chi connectivity index (χ4n) is 4.41. The number of amides is 3. The van der Waals surface area contributed by atoms with E-state index >= 15 is 0 Å². The zero-order valence-electron chi connectivity index (χ0n) is 15.6. The number of thioether (sulfide) groups is 1. The topological polar surface area (TPSA) is 60.9 Å². The third-order valence-corrected chi connectivity index (χ3v) is 6.91. The number of benzene rings is 1. The number of hydrogen-bond donors (Lipinski definition) is 0. The molecule has 2 fully saturated rings. The Kier molecular flexibility index (Phi) is 5.23. The Morgan fingerprint density at radius 2 is 1.93 bits per heavy atom. The number of carbonyl (C=O) groups is 3. The Bertz CT molecular complexity index is 728. The van der Waals surface area contributed by atoms with E-state index in [-0.39, 0.29) is 35.4 Å². The number of rotatable bonds is 4. The molecule has 4 rings (SSSR count). The van der Waals surface area contributed by atoms with Crippen molar-refractivity contribution in [3.63, 3.8) is 0 Å². The van der Waals surface area contributed by atoms with Crippen LogP contribution in [0.5, 0.6) is 0 Å². The number of hydrogen-bond acceptors (Lipinski definition) is 5. The molecule has 1 aliphatic carbocycles. The predicted octanol–water partition coefficient (Wildman–Crippen LogP) is 1.77. The summed E-state index contributed by atoms with van der Waals surface area (Å²) in [7, 11) is 1.80. The van der Waals surface area contributed by atoms with E-state index in [1.807, 2.05) is 0 Å². The summed E-state index contributed by atoms with van der Waals surface area (Å²) in [6, 6.07) is 9.28. The van der Waals surface area contributed by atoms with E-state index < -0.39 is 0 Å². The smallest absolute Gasteiger partial charge is 0.289 e. The molecular formula is C20H25N3O3S. The summed E-state index contributed by atoms with van der Waals surface area (Å²) in [4.78, 5) is 41.5. The monoisotopic (exact) mass is 387 g/mol. The molecule has 1 aromatic carbocycles. The van der Waals surface area contributed by atoms with E-state index in [2.05, 4.69) is 29.2 Å². The van der Waals surface area contributed by atoms with E-state index in [0.717, 1.165) is 55.4 Å². The molecule has 0 N–H and O–H groups in total. The van der Waals surface area contributed by atoms with Gasteiger partial charge < -0.3 is 4.90 Å². The number of carbonyl (C=O) groups excluding carboxylic acids is 3. The van der Waals surface area contributed by atoms with Gasteiger partial charge in [0.15, 0.2) is 0 Å². The molecule has 27 heavy (non-hydrogen) atoms. The van der Waals surface area contributed by atoms with Crippen LogP contribution < -0.4 is 0 Å². The van der Waals surface area contributed by atoms with Crippen molar-refractivity contribution in [2.45, 2.75) is 37.8 Å². The highest BCUT2D eigenvalue weighted by Gasteiger charge is 2.35. The van der Waals surface area contributed by atoms with E-state index in [4.69, 9.17) is 0 Å². The van der Waals surface area contributed by atoms with Gasteiger partial charge in [-0.1, -0.05) is 36.0 Å². The van der Waals surface area contributed by atoms with Crippen LogP contribution in [0.15, 0.2) is 24.3 Å². The van der Waals surface area contributed by atoms with Crippen LogP contribution in [0.1, 0.15) is 24.0 Å².